The van der Waals surface area contributed by atoms with Gasteiger partial charge >= 0.3 is 0 Å². The van der Waals surface area contributed by atoms with Gasteiger partial charge in [-0.1, -0.05) is 0 Å². The highest BCUT2D eigenvalue weighted by Crippen LogP contribution is 2.34. The van der Waals surface area contributed by atoms with Crippen LogP contribution in [0, 0.1) is 0 Å². The summed E-state index contributed by atoms with van der Waals surface area (Å²) in [6.07, 6.45) is 6.90. The van der Waals surface area contributed by atoms with E-state index in [2.05, 4.69) is 27.4 Å². The number of anilines is 1. The van der Waals surface area contributed by atoms with Crippen LogP contribution in [-0.4, -0.2) is 23.5 Å². The van der Waals surface area contributed by atoms with E-state index in [0.717, 1.165) is 24.7 Å². The zero-order valence-electron chi connectivity index (χ0n) is 10.3. The minimum Gasteiger partial charge on any atom is -0.353 e. The van der Waals surface area contributed by atoms with Gasteiger partial charge in [-0.15, -0.1) is 22.9 Å². The van der Waals surface area contributed by atoms with Crippen molar-refractivity contribution in [2.45, 2.75) is 31.7 Å². The maximum atomic E-state index is 5.85. The largest absolute Gasteiger partial charge is 0.353 e. The number of alkyl halides is 1. The van der Waals surface area contributed by atoms with Crippen molar-refractivity contribution in [3.05, 3.63) is 23.7 Å². The van der Waals surface area contributed by atoms with Gasteiger partial charge in [0.15, 0.2) is 0 Å². The third-order valence-corrected chi connectivity index (χ3v) is 4.83. The predicted molar refractivity (Wildman–Crippen MR) is 79.9 cm³/mol. The summed E-state index contributed by atoms with van der Waals surface area (Å²) in [7, 11) is 0. The molecule has 1 saturated carbocycles. The highest BCUT2D eigenvalue weighted by atomic mass is 35.5. The second kappa shape index (κ2) is 5.45. The Balaban J connectivity index is 1.94. The summed E-state index contributed by atoms with van der Waals surface area (Å²) in [5.41, 5.74) is 0. The van der Waals surface area contributed by atoms with Crippen molar-refractivity contribution in [1.82, 2.24) is 4.98 Å². The van der Waals surface area contributed by atoms with Crippen LogP contribution in [0.15, 0.2) is 23.7 Å². The first-order valence-electron chi connectivity index (χ1n) is 6.55. The van der Waals surface area contributed by atoms with Gasteiger partial charge in [-0.2, -0.15) is 0 Å². The molecule has 1 aliphatic carbocycles. The normalized spacial score (nSPS) is 15.8. The molecule has 0 bridgehead atoms. The fraction of sp³-hybridized carbons (Fsp3) is 0.500. The molecular weight excluding hydrogens is 264 g/mol. The number of halogens is 1. The van der Waals surface area contributed by atoms with E-state index >= 15 is 0 Å². The van der Waals surface area contributed by atoms with Crippen molar-refractivity contribution in [1.29, 1.82) is 0 Å². The minimum absolute atomic E-state index is 0.672. The number of nitrogens with zero attached hydrogens (tertiary/aromatic N) is 2. The third kappa shape index (κ3) is 2.21. The first-order chi connectivity index (χ1) is 8.90. The molecule has 2 aromatic heterocycles. The van der Waals surface area contributed by atoms with Crippen LogP contribution in [0.2, 0.25) is 0 Å². The maximum Gasteiger partial charge on any atom is 0.137 e. The number of thiophene rings is 1. The molecule has 4 heteroatoms. The second-order valence-electron chi connectivity index (χ2n) is 4.79. The van der Waals surface area contributed by atoms with E-state index in [9.17, 15) is 0 Å². The summed E-state index contributed by atoms with van der Waals surface area (Å²) in [6, 6.07) is 4.96. The Kier molecular flexibility index (Phi) is 3.71. The zero-order chi connectivity index (χ0) is 12.4. The lowest BCUT2D eigenvalue weighted by Crippen LogP contribution is -2.41. The lowest BCUT2D eigenvalue weighted by atomic mass is 9.91. The van der Waals surface area contributed by atoms with Crippen molar-refractivity contribution in [2.24, 2.45) is 0 Å². The smallest absolute Gasteiger partial charge is 0.137 e. The van der Waals surface area contributed by atoms with Crippen molar-refractivity contribution in [2.75, 3.05) is 17.3 Å². The van der Waals surface area contributed by atoms with Gasteiger partial charge in [-0.3, -0.25) is 0 Å². The number of pyridine rings is 1. The van der Waals surface area contributed by atoms with E-state index in [-0.39, 0.29) is 0 Å². The number of aromatic nitrogens is 1. The molecule has 2 aromatic rings. The Morgan fingerprint density at radius 1 is 1.39 bits per heavy atom. The van der Waals surface area contributed by atoms with Crippen LogP contribution in [0.5, 0.6) is 0 Å². The van der Waals surface area contributed by atoms with E-state index in [0.29, 0.717) is 6.04 Å². The zero-order valence-corrected chi connectivity index (χ0v) is 11.9. The van der Waals surface area contributed by atoms with Gasteiger partial charge in [0.05, 0.1) is 0 Å². The summed E-state index contributed by atoms with van der Waals surface area (Å²) in [5, 5.41) is 3.44. The second-order valence-corrected chi connectivity index (χ2v) is 6.11. The summed E-state index contributed by atoms with van der Waals surface area (Å²) in [6.45, 7) is 1.02. The monoisotopic (exact) mass is 280 g/mol. The van der Waals surface area contributed by atoms with Crippen LogP contribution in [0.3, 0.4) is 0 Å². The van der Waals surface area contributed by atoms with E-state index < -0.39 is 0 Å². The molecule has 96 valence electrons. The first kappa shape index (κ1) is 12.2. The first-order valence-corrected chi connectivity index (χ1v) is 7.96. The lowest BCUT2D eigenvalue weighted by Gasteiger charge is -2.38. The summed E-state index contributed by atoms with van der Waals surface area (Å²) in [4.78, 5) is 7.10. The van der Waals surface area contributed by atoms with Gasteiger partial charge in [0.2, 0.25) is 0 Å². The summed E-state index contributed by atoms with van der Waals surface area (Å²) < 4.78 is 1.33. The van der Waals surface area contributed by atoms with Gasteiger partial charge in [0, 0.05) is 34.7 Å². The van der Waals surface area contributed by atoms with Gasteiger partial charge < -0.3 is 4.90 Å². The van der Waals surface area contributed by atoms with Crippen molar-refractivity contribution >= 4 is 38.8 Å². The van der Waals surface area contributed by atoms with Crippen molar-refractivity contribution in [3.63, 3.8) is 0 Å². The quantitative estimate of drug-likeness (QED) is 0.760. The third-order valence-electron chi connectivity index (χ3n) is 3.68. The fourth-order valence-electron chi connectivity index (χ4n) is 2.50. The van der Waals surface area contributed by atoms with Crippen LogP contribution >= 0.6 is 22.9 Å². The molecule has 0 amide bonds. The average molecular weight is 281 g/mol. The molecule has 0 spiro atoms. The number of fused-ring (bicyclic) bond motifs is 1. The Labute approximate surface area is 117 Å². The molecule has 0 aliphatic heterocycles. The molecule has 2 nitrogen and oxygen atoms in total. The lowest BCUT2D eigenvalue weighted by molar-refractivity contribution is 0.384. The van der Waals surface area contributed by atoms with Crippen molar-refractivity contribution in [3.8, 4) is 0 Å². The van der Waals surface area contributed by atoms with Crippen LogP contribution in [0.4, 0.5) is 5.82 Å². The Morgan fingerprint density at radius 2 is 2.28 bits per heavy atom. The standard InChI is InChI=1S/C14H17ClN2S/c15-7-2-9-17(11-3-1-4-11)14-12-6-10-18-13(12)5-8-16-14/h5-6,8,10-11H,1-4,7,9H2. The SMILES string of the molecule is ClCCCN(c1nccc2sccc12)C1CCC1. The molecular formula is C14H17ClN2S. The minimum atomic E-state index is 0.672. The molecule has 0 radical (unpaired) electrons. The molecule has 0 atom stereocenters. The summed E-state index contributed by atoms with van der Waals surface area (Å²) in [5.74, 6) is 1.88. The topological polar surface area (TPSA) is 16.1 Å². The van der Waals surface area contributed by atoms with E-state index in [1.165, 1.54) is 29.3 Å². The Bertz CT molecular complexity index is 521. The maximum absolute atomic E-state index is 5.85. The number of hydrogen-bond acceptors (Lipinski definition) is 3. The molecule has 1 aliphatic rings. The van der Waals surface area contributed by atoms with Gasteiger partial charge in [-0.25, -0.2) is 4.98 Å². The Morgan fingerprint density at radius 3 is 3.00 bits per heavy atom. The Hall–Kier alpha value is -0.800. The van der Waals surface area contributed by atoms with E-state index in [4.69, 9.17) is 11.6 Å². The molecule has 0 aromatic carbocycles. The van der Waals surface area contributed by atoms with Crippen LogP contribution in [0.1, 0.15) is 25.7 Å². The van der Waals surface area contributed by atoms with Crippen molar-refractivity contribution < 1.29 is 0 Å². The van der Waals surface area contributed by atoms with Gasteiger partial charge in [0.1, 0.15) is 5.82 Å². The van der Waals surface area contributed by atoms with Crippen LogP contribution in [-0.2, 0) is 0 Å². The fourth-order valence-corrected chi connectivity index (χ4v) is 3.39. The van der Waals surface area contributed by atoms with Crippen LogP contribution in [0.25, 0.3) is 10.1 Å². The van der Waals surface area contributed by atoms with E-state index in [1.54, 1.807) is 11.3 Å². The number of rotatable bonds is 5. The predicted octanol–water partition coefficient (Wildman–Crippen LogP) is 4.28. The molecule has 1 fully saturated rings. The highest BCUT2D eigenvalue weighted by Gasteiger charge is 2.26. The molecule has 0 N–H and O–H groups in total. The average Bonchev–Trinajstić information content (AvgIpc) is 2.80. The number of hydrogen-bond donors (Lipinski definition) is 0. The highest BCUT2D eigenvalue weighted by molar-refractivity contribution is 7.17. The molecule has 0 saturated heterocycles. The van der Waals surface area contributed by atoms with Gasteiger partial charge in [0.25, 0.3) is 0 Å². The van der Waals surface area contributed by atoms with E-state index in [1.807, 2.05) is 6.20 Å². The molecule has 0 unspecified atom stereocenters. The van der Waals surface area contributed by atoms with Crippen LogP contribution < -0.4 is 4.90 Å². The molecule has 3 rings (SSSR count). The molecule has 2 heterocycles. The van der Waals surface area contributed by atoms with Gasteiger partial charge in [-0.05, 0) is 43.2 Å². The summed E-state index contributed by atoms with van der Waals surface area (Å²) >= 11 is 7.64. The molecule has 18 heavy (non-hydrogen) atoms.